The van der Waals surface area contributed by atoms with Gasteiger partial charge in [-0.05, 0) is 29.6 Å². The molecule has 1 amide bonds. The average Bonchev–Trinajstić information content (AvgIpc) is 2.82. The third kappa shape index (κ3) is 2.67. The van der Waals surface area contributed by atoms with Crippen LogP contribution in [0.15, 0.2) is 35.8 Å². The van der Waals surface area contributed by atoms with E-state index in [9.17, 15) is 9.59 Å². The van der Waals surface area contributed by atoms with Crippen LogP contribution in [0.4, 0.5) is 5.00 Å². The SMILES string of the molecule is O=C(O)c1ccc(C(=O)Nc2cccs2)nc1. The number of hydrogen-bond donors (Lipinski definition) is 2. The minimum atomic E-state index is -1.07. The fraction of sp³-hybridized carbons (Fsp3) is 0. The monoisotopic (exact) mass is 248 g/mol. The summed E-state index contributed by atoms with van der Waals surface area (Å²) in [5.41, 5.74) is 0.237. The van der Waals surface area contributed by atoms with Gasteiger partial charge in [0.25, 0.3) is 5.91 Å². The van der Waals surface area contributed by atoms with E-state index in [0.29, 0.717) is 0 Å². The topological polar surface area (TPSA) is 79.3 Å². The van der Waals surface area contributed by atoms with Gasteiger partial charge in [-0.3, -0.25) is 9.78 Å². The normalized spacial score (nSPS) is 9.88. The summed E-state index contributed by atoms with van der Waals surface area (Å²) in [7, 11) is 0. The zero-order valence-electron chi connectivity index (χ0n) is 8.58. The number of anilines is 1. The van der Waals surface area contributed by atoms with Crippen LogP contribution >= 0.6 is 11.3 Å². The highest BCUT2D eigenvalue weighted by Crippen LogP contribution is 2.15. The number of carbonyl (C=O) groups is 2. The number of thiophene rings is 1. The molecular formula is C11H8N2O3S. The van der Waals surface area contributed by atoms with E-state index in [1.54, 1.807) is 6.07 Å². The highest BCUT2D eigenvalue weighted by atomic mass is 32.1. The molecule has 5 nitrogen and oxygen atoms in total. The second kappa shape index (κ2) is 4.75. The lowest BCUT2D eigenvalue weighted by molar-refractivity contribution is 0.0696. The Morgan fingerprint density at radius 3 is 2.65 bits per heavy atom. The Morgan fingerprint density at radius 2 is 2.12 bits per heavy atom. The smallest absolute Gasteiger partial charge is 0.337 e. The minimum Gasteiger partial charge on any atom is -0.478 e. The molecule has 0 atom stereocenters. The largest absolute Gasteiger partial charge is 0.478 e. The molecule has 0 fully saturated rings. The van der Waals surface area contributed by atoms with Crippen molar-refractivity contribution in [1.82, 2.24) is 4.98 Å². The molecule has 0 aliphatic rings. The summed E-state index contributed by atoms with van der Waals surface area (Å²) in [6.45, 7) is 0. The molecule has 2 N–H and O–H groups in total. The van der Waals surface area contributed by atoms with Crippen LogP contribution in [-0.4, -0.2) is 22.0 Å². The van der Waals surface area contributed by atoms with Gasteiger partial charge in [0.1, 0.15) is 5.69 Å². The van der Waals surface area contributed by atoms with Crippen molar-refractivity contribution in [1.29, 1.82) is 0 Å². The van der Waals surface area contributed by atoms with Crippen molar-refractivity contribution in [3.8, 4) is 0 Å². The second-order valence-electron chi connectivity index (χ2n) is 3.17. The maximum absolute atomic E-state index is 11.7. The third-order valence-electron chi connectivity index (χ3n) is 2.00. The number of pyridine rings is 1. The first kappa shape index (κ1) is 11.3. The number of carboxylic acids is 1. The van der Waals surface area contributed by atoms with Gasteiger partial charge in [-0.1, -0.05) is 0 Å². The summed E-state index contributed by atoms with van der Waals surface area (Å²) in [5, 5.41) is 13.9. The molecule has 86 valence electrons. The number of aromatic carboxylic acids is 1. The Balaban J connectivity index is 2.12. The Hall–Kier alpha value is -2.21. The quantitative estimate of drug-likeness (QED) is 0.871. The molecule has 0 bridgehead atoms. The number of aromatic nitrogens is 1. The van der Waals surface area contributed by atoms with Gasteiger partial charge in [0.05, 0.1) is 10.6 Å². The number of rotatable bonds is 3. The highest BCUT2D eigenvalue weighted by Gasteiger charge is 2.09. The highest BCUT2D eigenvalue weighted by molar-refractivity contribution is 7.14. The molecule has 2 aromatic heterocycles. The first-order valence-corrected chi connectivity index (χ1v) is 5.59. The first-order valence-electron chi connectivity index (χ1n) is 4.71. The van der Waals surface area contributed by atoms with Gasteiger partial charge in [-0.15, -0.1) is 11.3 Å². The predicted molar refractivity (Wildman–Crippen MR) is 63.5 cm³/mol. The van der Waals surface area contributed by atoms with Crippen LogP contribution in [0.5, 0.6) is 0 Å². The van der Waals surface area contributed by atoms with E-state index < -0.39 is 5.97 Å². The van der Waals surface area contributed by atoms with E-state index in [-0.39, 0.29) is 17.2 Å². The van der Waals surface area contributed by atoms with Crippen LogP contribution in [0.3, 0.4) is 0 Å². The molecule has 2 rings (SSSR count). The van der Waals surface area contributed by atoms with Crippen molar-refractivity contribution in [2.24, 2.45) is 0 Å². The Labute approximate surface area is 101 Å². The van der Waals surface area contributed by atoms with Crippen LogP contribution in [0.25, 0.3) is 0 Å². The van der Waals surface area contributed by atoms with Crippen LogP contribution < -0.4 is 5.32 Å². The Kier molecular flexibility index (Phi) is 3.15. The third-order valence-corrected chi connectivity index (χ3v) is 2.79. The van der Waals surface area contributed by atoms with Crippen LogP contribution in [0.1, 0.15) is 20.8 Å². The molecule has 2 heterocycles. The number of carboxylic acid groups (broad SMARTS) is 1. The lowest BCUT2D eigenvalue weighted by Gasteiger charge is -2.01. The summed E-state index contributed by atoms with van der Waals surface area (Å²) in [5.74, 6) is -1.42. The fourth-order valence-electron chi connectivity index (χ4n) is 1.18. The summed E-state index contributed by atoms with van der Waals surface area (Å²) >= 11 is 1.40. The van der Waals surface area contributed by atoms with Gasteiger partial charge in [0, 0.05) is 6.20 Å². The van der Waals surface area contributed by atoms with E-state index in [4.69, 9.17) is 5.11 Å². The van der Waals surface area contributed by atoms with E-state index in [0.717, 1.165) is 11.2 Å². The molecule has 0 saturated heterocycles. The van der Waals surface area contributed by atoms with Crippen LogP contribution in [-0.2, 0) is 0 Å². The molecule has 2 aromatic rings. The van der Waals surface area contributed by atoms with Gasteiger partial charge in [0.15, 0.2) is 0 Å². The van der Waals surface area contributed by atoms with Gasteiger partial charge in [0.2, 0.25) is 0 Å². The first-order chi connectivity index (χ1) is 8.16. The zero-order valence-corrected chi connectivity index (χ0v) is 9.40. The average molecular weight is 248 g/mol. The van der Waals surface area contributed by atoms with Gasteiger partial charge in [-0.2, -0.15) is 0 Å². The molecular weight excluding hydrogens is 240 g/mol. The maximum atomic E-state index is 11.7. The summed E-state index contributed by atoms with van der Waals surface area (Å²) < 4.78 is 0. The Morgan fingerprint density at radius 1 is 1.29 bits per heavy atom. The van der Waals surface area contributed by atoms with Crippen molar-refractivity contribution in [2.45, 2.75) is 0 Å². The minimum absolute atomic E-state index is 0.0534. The number of amides is 1. The molecule has 6 heteroatoms. The summed E-state index contributed by atoms with van der Waals surface area (Å²) in [6.07, 6.45) is 1.16. The van der Waals surface area contributed by atoms with Crippen molar-refractivity contribution in [3.63, 3.8) is 0 Å². The molecule has 0 aliphatic carbocycles. The van der Waals surface area contributed by atoms with Crippen molar-refractivity contribution < 1.29 is 14.7 Å². The number of hydrogen-bond acceptors (Lipinski definition) is 4. The standard InChI is InChI=1S/C11H8N2O3S/c14-10(13-9-2-1-5-17-9)8-4-3-7(6-12-8)11(15)16/h1-6H,(H,13,14)(H,15,16). The van der Waals surface area contributed by atoms with Crippen LogP contribution in [0.2, 0.25) is 0 Å². The van der Waals surface area contributed by atoms with Gasteiger partial charge in [-0.25, -0.2) is 4.79 Å². The Bertz CT molecular complexity index is 534. The summed E-state index contributed by atoms with van der Waals surface area (Å²) in [4.78, 5) is 26.1. The van der Waals surface area contributed by atoms with E-state index >= 15 is 0 Å². The van der Waals surface area contributed by atoms with Crippen molar-refractivity contribution >= 4 is 28.2 Å². The lowest BCUT2D eigenvalue weighted by atomic mass is 10.2. The van der Waals surface area contributed by atoms with Crippen molar-refractivity contribution in [3.05, 3.63) is 47.1 Å². The van der Waals surface area contributed by atoms with E-state index in [1.807, 2.05) is 11.4 Å². The van der Waals surface area contributed by atoms with Crippen molar-refractivity contribution in [2.75, 3.05) is 5.32 Å². The van der Waals surface area contributed by atoms with E-state index in [2.05, 4.69) is 10.3 Å². The maximum Gasteiger partial charge on any atom is 0.337 e. The molecule has 0 unspecified atom stereocenters. The molecule has 0 spiro atoms. The van der Waals surface area contributed by atoms with Crippen LogP contribution in [0, 0.1) is 0 Å². The zero-order chi connectivity index (χ0) is 12.3. The second-order valence-corrected chi connectivity index (χ2v) is 4.12. The number of nitrogens with zero attached hydrogens (tertiary/aromatic N) is 1. The molecule has 17 heavy (non-hydrogen) atoms. The fourth-order valence-corrected chi connectivity index (χ4v) is 1.79. The number of carbonyl (C=O) groups excluding carboxylic acids is 1. The predicted octanol–water partition coefficient (Wildman–Crippen LogP) is 2.09. The molecule has 0 aliphatic heterocycles. The van der Waals surface area contributed by atoms with Gasteiger partial charge >= 0.3 is 5.97 Å². The molecule has 0 aromatic carbocycles. The van der Waals surface area contributed by atoms with Gasteiger partial charge < -0.3 is 10.4 Å². The lowest BCUT2D eigenvalue weighted by Crippen LogP contribution is -2.13. The summed E-state index contributed by atoms with van der Waals surface area (Å²) in [6, 6.07) is 6.32. The van der Waals surface area contributed by atoms with E-state index in [1.165, 1.54) is 23.5 Å². The number of nitrogens with one attached hydrogen (secondary N) is 1. The molecule has 0 radical (unpaired) electrons. The molecule has 0 saturated carbocycles.